The van der Waals surface area contributed by atoms with Crippen molar-refractivity contribution in [1.29, 1.82) is 0 Å². The summed E-state index contributed by atoms with van der Waals surface area (Å²) in [5.74, 6) is 0. The van der Waals surface area contributed by atoms with Crippen molar-refractivity contribution >= 4 is 0 Å². The normalized spacial score (nSPS) is 20.8. The van der Waals surface area contributed by atoms with Gasteiger partial charge in [-0.2, -0.15) is 0 Å². The number of hydrogen-bond acceptors (Lipinski definition) is 2. The molecule has 0 radical (unpaired) electrons. The second-order valence-electron chi connectivity index (χ2n) is 6.06. The first kappa shape index (κ1) is 15.0. The van der Waals surface area contributed by atoms with E-state index in [0.717, 1.165) is 12.6 Å². The first-order valence-electron chi connectivity index (χ1n) is 7.56. The molecule has 0 bridgehead atoms. The third-order valence-corrected chi connectivity index (χ3v) is 4.21. The third-order valence-electron chi connectivity index (χ3n) is 4.21. The highest BCUT2D eigenvalue weighted by Crippen LogP contribution is 2.22. The quantitative estimate of drug-likeness (QED) is 0.716. The Morgan fingerprint density at radius 2 is 1.65 bits per heavy atom. The molecule has 0 aromatic heterocycles. The molecule has 17 heavy (non-hydrogen) atoms. The largest absolute Gasteiger partial charge is 0.314 e. The summed E-state index contributed by atoms with van der Waals surface area (Å²) >= 11 is 0. The molecule has 2 nitrogen and oxygen atoms in total. The second-order valence-corrected chi connectivity index (χ2v) is 6.06. The standard InChI is InChI=1S/C15H32N2/c1-13(2)16-12-11-14(3)17(4)15-9-7-5-6-8-10-15/h13-16H,5-12H2,1-4H3. The molecular formula is C15H32N2. The molecule has 0 aromatic carbocycles. The van der Waals surface area contributed by atoms with E-state index < -0.39 is 0 Å². The zero-order chi connectivity index (χ0) is 12.7. The lowest BCUT2D eigenvalue weighted by Crippen LogP contribution is -2.40. The Labute approximate surface area is 108 Å². The maximum Gasteiger partial charge on any atom is 0.00950 e. The van der Waals surface area contributed by atoms with Gasteiger partial charge in [0, 0.05) is 18.1 Å². The van der Waals surface area contributed by atoms with Crippen LogP contribution in [0, 0.1) is 0 Å². The topological polar surface area (TPSA) is 15.3 Å². The molecule has 1 unspecified atom stereocenters. The van der Waals surface area contributed by atoms with Crippen molar-refractivity contribution in [2.45, 2.75) is 83.8 Å². The molecule has 0 amide bonds. The first-order valence-corrected chi connectivity index (χ1v) is 7.56. The van der Waals surface area contributed by atoms with Gasteiger partial charge in [0.25, 0.3) is 0 Å². The van der Waals surface area contributed by atoms with E-state index in [1.807, 2.05) is 0 Å². The van der Waals surface area contributed by atoms with Crippen molar-refractivity contribution in [3.05, 3.63) is 0 Å². The van der Waals surface area contributed by atoms with Crippen molar-refractivity contribution in [2.24, 2.45) is 0 Å². The van der Waals surface area contributed by atoms with Gasteiger partial charge >= 0.3 is 0 Å². The molecule has 1 rings (SSSR count). The van der Waals surface area contributed by atoms with Gasteiger partial charge in [0.15, 0.2) is 0 Å². The van der Waals surface area contributed by atoms with Crippen LogP contribution < -0.4 is 5.32 Å². The van der Waals surface area contributed by atoms with Gasteiger partial charge in [0.1, 0.15) is 0 Å². The van der Waals surface area contributed by atoms with E-state index in [9.17, 15) is 0 Å². The lowest BCUT2D eigenvalue weighted by molar-refractivity contribution is 0.159. The minimum Gasteiger partial charge on any atom is -0.314 e. The highest BCUT2D eigenvalue weighted by Gasteiger charge is 2.20. The summed E-state index contributed by atoms with van der Waals surface area (Å²) in [6, 6.07) is 2.17. The molecule has 0 heterocycles. The van der Waals surface area contributed by atoms with E-state index in [1.54, 1.807) is 0 Å². The van der Waals surface area contributed by atoms with Gasteiger partial charge in [-0.05, 0) is 39.8 Å². The van der Waals surface area contributed by atoms with E-state index in [2.05, 4.69) is 38.0 Å². The average molecular weight is 240 g/mol. The van der Waals surface area contributed by atoms with Crippen LogP contribution in [0.1, 0.15) is 65.7 Å². The molecule has 1 atom stereocenters. The van der Waals surface area contributed by atoms with Gasteiger partial charge < -0.3 is 10.2 Å². The van der Waals surface area contributed by atoms with Gasteiger partial charge in [-0.3, -0.25) is 0 Å². The van der Waals surface area contributed by atoms with Crippen LogP contribution in [0.3, 0.4) is 0 Å². The molecule has 1 N–H and O–H groups in total. The first-order chi connectivity index (χ1) is 8.11. The van der Waals surface area contributed by atoms with Crippen LogP contribution in [0.5, 0.6) is 0 Å². The monoisotopic (exact) mass is 240 g/mol. The van der Waals surface area contributed by atoms with Crippen molar-refractivity contribution < 1.29 is 0 Å². The van der Waals surface area contributed by atoms with Crippen LogP contribution in [-0.2, 0) is 0 Å². The molecular weight excluding hydrogens is 208 g/mol. The average Bonchev–Trinajstić information content (AvgIpc) is 2.55. The molecule has 102 valence electrons. The summed E-state index contributed by atoms with van der Waals surface area (Å²) in [7, 11) is 2.33. The van der Waals surface area contributed by atoms with Crippen LogP contribution in [0.2, 0.25) is 0 Å². The molecule has 0 aromatic rings. The molecule has 0 aliphatic heterocycles. The predicted octanol–water partition coefficient (Wildman–Crippen LogP) is 3.42. The molecule has 1 aliphatic rings. The highest BCUT2D eigenvalue weighted by molar-refractivity contribution is 4.76. The minimum absolute atomic E-state index is 0.616. The molecule has 2 heteroatoms. The van der Waals surface area contributed by atoms with Gasteiger partial charge in [-0.25, -0.2) is 0 Å². The SMILES string of the molecule is CC(C)NCCC(C)N(C)C1CCCCCC1. The maximum atomic E-state index is 3.52. The van der Waals surface area contributed by atoms with Crippen molar-refractivity contribution in [3.8, 4) is 0 Å². The number of rotatable bonds is 6. The molecule has 1 fully saturated rings. The summed E-state index contributed by atoms with van der Waals surface area (Å²) in [4.78, 5) is 2.63. The lowest BCUT2D eigenvalue weighted by Gasteiger charge is -2.33. The smallest absolute Gasteiger partial charge is 0.00950 e. The number of hydrogen-bond donors (Lipinski definition) is 1. The van der Waals surface area contributed by atoms with Crippen molar-refractivity contribution in [2.75, 3.05) is 13.6 Å². The molecule has 1 saturated carbocycles. The van der Waals surface area contributed by atoms with Crippen molar-refractivity contribution in [3.63, 3.8) is 0 Å². The molecule has 0 spiro atoms. The lowest BCUT2D eigenvalue weighted by atomic mass is 10.0. The minimum atomic E-state index is 0.616. The fourth-order valence-electron chi connectivity index (χ4n) is 2.81. The maximum absolute atomic E-state index is 3.52. The highest BCUT2D eigenvalue weighted by atomic mass is 15.2. The summed E-state index contributed by atoms with van der Waals surface area (Å²) in [5, 5.41) is 3.52. The van der Waals surface area contributed by atoms with E-state index in [0.29, 0.717) is 12.1 Å². The van der Waals surface area contributed by atoms with E-state index >= 15 is 0 Å². The summed E-state index contributed by atoms with van der Waals surface area (Å²) < 4.78 is 0. The zero-order valence-electron chi connectivity index (χ0n) is 12.3. The Bertz CT molecular complexity index is 183. The van der Waals surface area contributed by atoms with Crippen LogP contribution >= 0.6 is 0 Å². The van der Waals surface area contributed by atoms with Crippen LogP contribution in [-0.4, -0.2) is 36.6 Å². The fraction of sp³-hybridized carbons (Fsp3) is 1.00. The van der Waals surface area contributed by atoms with Crippen LogP contribution in [0.15, 0.2) is 0 Å². The Morgan fingerprint density at radius 3 is 2.18 bits per heavy atom. The Balaban J connectivity index is 2.26. The van der Waals surface area contributed by atoms with E-state index in [1.165, 1.54) is 44.9 Å². The Hall–Kier alpha value is -0.0800. The van der Waals surface area contributed by atoms with Crippen LogP contribution in [0.25, 0.3) is 0 Å². The summed E-state index contributed by atoms with van der Waals surface area (Å²) in [6.07, 6.45) is 9.88. The number of nitrogens with one attached hydrogen (secondary N) is 1. The fourth-order valence-corrected chi connectivity index (χ4v) is 2.81. The Morgan fingerprint density at radius 1 is 1.06 bits per heavy atom. The second kappa shape index (κ2) is 8.10. The Kier molecular flexibility index (Phi) is 7.14. The molecule has 0 saturated heterocycles. The zero-order valence-corrected chi connectivity index (χ0v) is 12.3. The van der Waals surface area contributed by atoms with Gasteiger partial charge in [0.05, 0.1) is 0 Å². The molecule has 1 aliphatic carbocycles. The summed E-state index contributed by atoms with van der Waals surface area (Å²) in [5.41, 5.74) is 0. The van der Waals surface area contributed by atoms with E-state index in [-0.39, 0.29) is 0 Å². The van der Waals surface area contributed by atoms with Gasteiger partial charge in [-0.1, -0.05) is 39.5 Å². The predicted molar refractivity (Wildman–Crippen MR) is 76.5 cm³/mol. The third kappa shape index (κ3) is 5.87. The van der Waals surface area contributed by atoms with Gasteiger partial charge in [-0.15, -0.1) is 0 Å². The van der Waals surface area contributed by atoms with Crippen LogP contribution in [0.4, 0.5) is 0 Å². The van der Waals surface area contributed by atoms with E-state index in [4.69, 9.17) is 0 Å². The van der Waals surface area contributed by atoms with Crippen molar-refractivity contribution in [1.82, 2.24) is 10.2 Å². The number of nitrogens with zero attached hydrogens (tertiary/aromatic N) is 1. The van der Waals surface area contributed by atoms with Gasteiger partial charge in [0.2, 0.25) is 0 Å². The summed E-state index contributed by atoms with van der Waals surface area (Å²) in [6.45, 7) is 7.97.